The number of benzene rings is 1. The van der Waals surface area contributed by atoms with Gasteiger partial charge in [-0.05, 0) is 54.6 Å². The van der Waals surface area contributed by atoms with Gasteiger partial charge in [-0.2, -0.15) is 13.2 Å². The van der Waals surface area contributed by atoms with E-state index in [1.165, 1.54) is 17.5 Å². The molecule has 2 aromatic heterocycles. The highest BCUT2D eigenvalue weighted by Gasteiger charge is 2.47. The first-order chi connectivity index (χ1) is 16.6. The van der Waals surface area contributed by atoms with Gasteiger partial charge in [0.15, 0.2) is 0 Å². The van der Waals surface area contributed by atoms with Gasteiger partial charge in [0.25, 0.3) is 0 Å². The highest BCUT2D eigenvalue weighted by atomic mass is 32.1. The number of carbonyl (C=O) groups excluding carboxylic acids is 1. The zero-order valence-electron chi connectivity index (χ0n) is 19.4. The van der Waals surface area contributed by atoms with Crippen LogP contribution in [0.4, 0.5) is 13.2 Å². The Morgan fingerprint density at radius 2 is 2.03 bits per heavy atom. The number of nitrogens with zero attached hydrogens (tertiary/aromatic N) is 3. The highest BCUT2D eigenvalue weighted by molar-refractivity contribution is 7.16. The molecular formula is C25H27F3N4O2S. The number of likely N-dealkylation sites (tertiary alicyclic amines) is 1. The van der Waals surface area contributed by atoms with Crippen molar-refractivity contribution >= 4 is 27.5 Å². The van der Waals surface area contributed by atoms with E-state index in [9.17, 15) is 22.8 Å². The summed E-state index contributed by atoms with van der Waals surface area (Å²) in [5.41, 5.74) is 0.968. The third kappa shape index (κ3) is 5.13. The van der Waals surface area contributed by atoms with E-state index in [-0.39, 0.29) is 17.3 Å². The van der Waals surface area contributed by atoms with Crippen LogP contribution >= 0.6 is 11.3 Å². The Bertz CT molecular complexity index is 1310. The van der Waals surface area contributed by atoms with Crippen molar-refractivity contribution in [2.75, 3.05) is 13.1 Å². The van der Waals surface area contributed by atoms with Gasteiger partial charge in [-0.3, -0.25) is 19.5 Å². The van der Waals surface area contributed by atoms with Gasteiger partial charge in [-0.15, -0.1) is 0 Å². The number of amides is 1. The van der Waals surface area contributed by atoms with Crippen LogP contribution in [0.25, 0.3) is 10.2 Å². The first-order valence-electron chi connectivity index (χ1n) is 11.7. The van der Waals surface area contributed by atoms with Crippen molar-refractivity contribution in [3.63, 3.8) is 0 Å². The Balaban J connectivity index is 1.28. The molecule has 1 aromatic carbocycles. The summed E-state index contributed by atoms with van der Waals surface area (Å²) < 4.78 is 41.6. The van der Waals surface area contributed by atoms with Crippen molar-refractivity contribution < 1.29 is 18.0 Å². The summed E-state index contributed by atoms with van der Waals surface area (Å²) >= 11 is 1.23. The number of aryl methyl sites for hydroxylation is 1. The van der Waals surface area contributed by atoms with Gasteiger partial charge in [0.05, 0.1) is 21.2 Å². The van der Waals surface area contributed by atoms with Crippen LogP contribution in [-0.2, 0) is 31.1 Å². The lowest BCUT2D eigenvalue weighted by Gasteiger charge is -2.28. The van der Waals surface area contributed by atoms with Gasteiger partial charge in [0.1, 0.15) is 0 Å². The van der Waals surface area contributed by atoms with Crippen LogP contribution in [0.5, 0.6) is 0 Å². The number of fused-ring (bicyclic) bond motifs is 1. The molecule has 3 aromatic rings. The second-order valence-corrected chi connectivity index (χ2v) is 10.9. The SMILES string of the molecule is Cn1c(=O)sc2ccc(CN3CCC(CC4CC4)(C(=O)NCc4cncc(C(F)(F)F)c4)C3)cc21. The molecule has 6 nitrogen and oxygen atoms in total. The summed E-state index contributed by atoms with van der Waals surface area (Å²) in [5.74, 6) is 0.438. The molecule has 35 heavy (non-hydrogen) atoms. The summed E-state index contributed by atoms with van der Waals surface area (Å²) in [7, 11) is 1.77. The van der Waals surface area contributed by atoms with Crippen LogP contribution in [-0.4, -0.2) is 33.4 Å². The first kappa shape index (κ1) is 24.0. The molecular weight excluding hydrogens is 477 g/mol. The minimum absolute atomic E-state index is 0.00872. The number of hydrogen-bond acceptors (Lipinski definition) is 5. The molecule has 1 N–H and O–H groups in total. The van der Waals surface area contributed by atoms with E-state index < -0.39 is 17.2 Å². The molecule has 1 aliphatic heterocycles. The normalized spacial score (nSPS) is 21.0. The quantitative estimate of drug-likeness (QED) is 0.521. The molecule has 1 atom stereocenters. The standard InChI is InChI=1S/C25H27F3N4O2S/c1-31-20-9-17(4-5-21(20)35-23(31)34)14-32-7-6-24(15-32,10-16-2-3-16)22(33)30-12-18-8-19(13-29-11-18)25(26,27)28/h4-5,8-9,11,13,16H,2-3,6-7,10,12,14-15H2,1H3,(H,30,33). The number of thiazole rings is 1. The van der Waals surface area contributed by atoms with E-state index in [2.05, 4.69) is 15.2 Å². The number of halogens is 3. The lowest BCUT2D eigenvalue weighted by molar-refractivity contribution is -0.137. The van der Waals surface area contributed by atoms with Gasteiger partial charge >= 0.3 is 11.0 Å². The number of aromatic nitrogens is 2. The topological polar surface area (TPSA) is 67.2 Å². The summed E-state index contributed by atoms with van der Waals surface area (Å²) in [6.45, 7) is 2.07. The largest absolute Gasteiger partial charge is 0.417 e. The second kappa shape index (κ2) is 9.05. The van der Waals surface area contributed by atoms with E-state index in [0.29, 0.717) is 24.6 Å². The fraction of sp³-hybridized carbons (Fsp3) is 0.480. The number of pyridine rings is 1. The maximum Gasteiger partial charge on any atom is 0.417 e. The Morgan fingerprint density at radius 3 is 2.77 bits per heavy atom. The maximum atomic E-state index is 13.4. The van der Waals surface area contributed by atoms with E-state index >= 15 is 0 Å². The van der Waals surface area contributed by atoms with E-state index in [1.807, 2.05) is 18.2 Å². The monoisotopic (exact) mass is 504 g/mol. The van der Waals surface area contributed by atoms with Crippen LogP contribution in [0, 0.1) is 11.3 Å². The lowest BCUT2D eigenvalue weighted by atomic mass is 9.80. The Hall–Kier alpha value is -2.72. The molecule has 0 radical (unpaired) electrons. The zero-order chi connectivity index (χ0) is 24.8. The molecule has 0 bridgehead atoms. The molecule has 0 spiro atoms. The summed E-state index contributed by atoms with van der Waals surface area (Å²) in [5, 5.41) is 2.90. The third-order valence-corrected chi connectivity index (χ3v) is 8.14. The number of nitrogens with one attached hydrogen (secondary N) is 1. The van der Waals surface area contributed by atoms with Crippen molar-refractivity contribution in [1.82, 2.24) is 19.8 Å². The van der Waals surface area contributed by atoms with Crippen LogP contribution in [0.1, 0.15) is 42.4 Å². The third-order valence-electron chi connectivity index (χ3n) is 7.13. The van der Waals surface area contributed by atoms with Crippen molar-refractivity contribution in [3.05, 3.63) is 63.0 Å². The van der Waals surface area contributed by atoms with Gasteiger partial charge in [0.2, 0.25) is 5.91 Å². The molecule has 1 saturated carbocycles. The molecule has 1 aliphatic carbocycles. The molecule has 2 aliphatic rings. The van der Waals surface area contributed by atoms with Crippen molar-refractivity contribution in [3.8, 4) is 0 Å². The maximum absolute atomic E-state index is 13.4. The lowest BCUT2D eigenvalue weighted by Crippen LogP contribution is -2.43. The van der Waals surface area contributed by atoms with Crippen LogP contribution in [0.15, 0.2) is 41.5 Å². The number of carbonyl (C=O) groups is 1. The molecule has 10 heteroatoms. The number of alkyl halides is 3. The summed E-state index contributed by atoms with van der Waals surface area (Å²) in [6.07, 6.45) is 1.44. The molecule has 1 saturated heterocycles. The van der Waals surface area contributed by atoms with Gasteiger partial charge in [-0.1, -0.05) is 30.2 Å². The Morgan fingerprint density at radius 1 is 1.23 bits per heavy atom. The fourth-order valence-corrected chi connectivity index (χ4v) is 5.91. The smallest absolute Gasteiger partial charge is 0.351 e. The number of rotatable bonds is 7. The summed E-state index contributed by atoms with van der Waals surface area (Å²) in [6, 6.07) is 7.07. The molecule has 1 unspecified atom stereocenters. The predicted octanol–water partition coefficient (Wildman–Crippen LogP) is 4.32. The van der Waals surface area contributed by atoms with Crippen molar-refractivity contribution in [2.24, 2.45) is 18.4 Å². The predicted molar refractivity (Wildman–Crippen MR) is 128 cm³/mol. The minimum Gasteiger partial charge on any atom is -0.351 e. The zero-order valence-corrected chi connectivity index (χ0v) is 20.2. The average Bonchev–Trinajstić information content (AvgIpc) is 3.47. The van der Waals surface area contributed by atoms with Gasteiger partial charge in [0, 0.05) is 39.1 Å². The van der Waals surface area contributed by atoms with Crippen molar-refractivity contribution in [1.29, 1.82) is 0 Å². The first-order valence-corrected chi connectivity index (χ1v) is 12.5. The highest BCUT2D eigenvalue weighted by Crippen LogP contribution is 2.45. The molecule has 186 valence electrons. The van der Waals surface area contributed by atoms with Crippen LogP contribution < -0.4 is 10.2 Å². The molecule has 2 fully saturated rings. The number of hydrogen-bond donors (Lipinski definition) is 1. The Labute approximate surface area is 204 Å². The van der Waals surface area contributed by atoms with E-state index in [4.69, 9.17) is 0 Å². The van der Waals surface area contributed by atoms with E-state index in [0.717, 1.165) is 60.3 Å². The molecule has 5 rings (SSSR count). The van der Waals surface area contributed by atoms with Crippen LogP contribution in [0.3, 0.4) is 0 Å². The van der Waals surface area contributed by atoms with E-state index in [1.54, 1.807) is 11.6 Å². The van der Waals surface area contributed by atoms with Crippen molar-refractivity contribution in [2.45, 2.75) is 44.9 Å². The van der Waals surface area contributed by atoms with Gasteiger partial charge < -0.3 is 9.88 Å². The van der Waals surface area contributed by atoms with Crippen LogP contribution in [0.2, 0.25) is 0 Å². The molecule has 3 heterocycles. The minimum atomic E-state index is -4.47. The second-order valence-electron chi connectivity index (χ2n) is 9.88. The Kier molecular flexibility index (Phi) is 6.21. The summed E-state index contributed by atoms with van der Waals surface area (Å²) in [4.78, 5) is 31.3. The van der Waals surface area contributed by atoms with Gasteiger partial charge in [-0.25, -0.2) is 0 Å². The molecule has 1 amide bonds. The average molecular weight is 505 g/mol. The fourth-order valence-electron chi connectivity index (χ4n) is 5.05.